The highest BCUT2D eigenvalue weighted by molar-refractivity contribution is 7.09. The molecule has 64 valence electrons. The van der Waals surface area contributed by atoms with E-state index in [2.05, 4.69) is 10.3 Å². The van der Waals surface area contributed by atoms with E-state index in [1.807, 2.05) is 12.3 Å². The number of nitrogens with one attached hydrogen (secondary N) is 1. The first-order chi connectivity index (χ1) is 5.72. The molecule has 0 saturated carbocycles. The number of nitrogens with zero attached hydrogens (tertiary/aromatic N) is 1. The van der Waals surface area contributed by atoms with Gasteiger partial charge < -0.3 is 5.32 Å². The van der Waals surface area contributed by atoms with Crippen LogP contribution in [-0.2, 0) is 4.79 Å². The van der Waals surface area contributed by atoms with Crippen molar-refractivity contribution in [3.63, 3.8) is 0 Å². The summed E-state index contributed by atoms with van der Waals surface area (Å²) >= 11 is 1.57. The van der Waals surface area contributed by atoms with Crippen molar-refractivity contribution in [1.29, 1.82) is 0 Å². The molecule has 0 aliphatic heterocycles. The highest BCUT2D eigenvalue weighted by Crippen LogP contribution is 2.08. The van der Waals surface area contributed by atoms with Crippen molar-refractivity contribution in [1.82, 2.24) is 10.3 Å². The first-order valence-corrected chi connectivity index (χ1v) is 4.42. The Kier molecular flexibility index (Phi) is 2.99. The zero-order chi connectivity index (χ0) is 8.97. The topological polar surface area (TPSA) is 42.0 Å². The number of aryl methyl sites for hydroxylation is 1. The molecular weight excluding hydrogens is 172 g/mol. The average molecular weight is 182 g/mol. The van der Waals surface area contributed by atoms with E-state index in [-0.39, 0.29) is 5.91 Å². The number of hydrogen-bond donors (Lipinski definition) is 1. The van der Waals surface area contributed by atoms with Gasteiger partial charge in [0.05, 0.1) is 10.7 Å². The third kappa shape index (κ3) is 2.47. The fourth-order valence-electron chi connectivity index (χ4n) is 0.701. The van der Waals surface area contributed by atoms with Crippen molar-refractivity contribution in [2.24, 2.45) is 0 Å². The number of carbonyl (C=O) groups excluding carboxylic acids is 1. The lowest BCUT2D eigenvalue weighted by Gasteiger charge is -1.87. The first kappa shape index (κ1) is 8.93. The second-order valence-corrected chi connectivity index (χ2v) is 3.30. The molecule has 0 unspecified atom stereocenters. The molecule has 1 aromatic heterocycles. The molecule has 0 radical (unpaired) electrons. The average Bonchev–Trinajstić information content (AvgIpc) is 2.47. The van der Waals surface area contributed by atoms with Crippen molar-refractivity contribution in [2.75, 3.05) is 7.05 Å². The molecule has 0 aliphatic rings. The molecule has 12 heavy (non-hydrogen) atoms. The van der Waals surface area contributed by atoms with Gasteiger partial charge >= 0.3 is 0 Å². The van der Waals surface area contributed by atoms with Gasteiger partial charge in [0.15, 0.2) is 0 Å². The van der Waals surface area contributed by atoms with Crippen LogP contribution in [0.5, 0.6) is 0 Å². The van der Waals surface area contributed by atoms with Crippen molar-refractivity contribution >= 4 is 23.3 Å². The molecule has 1 N–H and O–H groups in total. The van der Waals surface area contributed by atoms with Gasteiger partial charge in [-0.05, 0) is 13.0 Å². The summed E-state index contributed by atoms with van der Waals surface area (Å²) in [6, 6.07) is 0. The predicted molar refractivity (Wildman–Crippen MR) is 50.0 cm³/mol. The lowest BCUT2D eigenvalue weighted by molar-refractivity contribution is -0.115. The largest absolute Gasteiger partial charge is 0.356 e. The molecule has 4 heteroatoms. The summed E-state index contributed by atoms with van der Waals surface area (Å²) in [6.45, 7) is 1.93. The number of rotatable bonds is 2. The van der Waals surface area contributed by atoms with Gasteiger partial charge in [-0.1, -0.05) is 0 Å². The van der Waals surface area contributed by atoms with E-state index in [1.54, 1.807) is 24.5 Å². The Labute approximate surface area is 75.1 Å². The number of aromatic nitrogens is 1. The fraction of sp³-hybridized carbons (Fsp3) is 0.250. The Morgan fingerprint density at radius 1 is 1.75 bits per heavy atom. The Morgan fingerprint density at radius 3 is 3.00 bits per heavy atom. The first-order valence-electron chi connectivity index (χ1n) is 3.54. The fourth-order valence-corrected chi connectivity index (χ4v) is 1.28. The summed E-state index contributed by atoms with van der Waals surface area (Å²) in [5.41, 5.74) is 0.834. The van der Waals surface area contributed by atoms with E-state index in [4.69, 9.17) is 0 Å². The van der Waals surface area contributed by atoms with Crippen molar-refractivity contribution in [2.45, 2.75) is 6.92 Å². The summed E-state index contributed by atoms with van der Waals surface area (Å²) in [6.07, 6.45) is 3.16. The molecular formula is C8H10N2OS. The Bertz CT molecular complexity index is 304. The van der Waals surface area contributed by atoms with Crippen LogP contribution in [0.4, 0.5) is 0 Å². The maximum atomic E-state index is 10.8. The Morgan fingerprint density at radius 2 is 2.50 bits per heavy atom. The Hall–Kier alpha value is -1.16. The molecule has 0 aliphatic carbocycles. The highest BCUT2D eigenvalue weighted by atomic mass is 32.1. The van der Waals surface area contributed by atoms with E-state index < -0.39 is 0 Å². The van der Waals surface area contributed by atoms with Gasteiger partial charge in [0, 0.05) is 18.5 Å². The summed E-state index contributed by atoms with van der Waals surface area (Å²) in [5, 5.41) is 5.41. The number of likely N-dealkylation sites (N-methyl/N-ethyl adjacent to an activating group) is 1. The van der Waals surface area contributed by atoms with E-state index in [9.17, 15) is 4.79 Å². The minimum atomic E-state index is -0.111. The summed E-state index contributed by atoms with van der Waals surface area (Å²) in [7, 11) is 1.60. The zero-order valence-corrected chi connectivity index (χ0v) is 7.81. The van der Waals surface area contributed by atoms with Gasteiger partial charge in [-0.15, -0.1) is 11.3 Å². The number of thiazole rings is 1. The molecule has 0 aromatic carbocycles. The third-order valence-electron chi connectivity index (χ3n) is 1.29. The van der Waals surface area contributed by atoms with Crippen molar-refractivity contribution in [3.8, 4) is 0 Å². The normalized spacial score (nSPS) is 10.5. The standard InChI is InChI=1S/C8H10N2OS/c1-6-10-7(5-12-6)3-4-8(11)9-2/h3-5H,1-2H3,(H,9,11)/b4-3+. The van der Waals surface area contributed by atoms with Crippen molar-refractivity contribution in [3.05, 3.63) is 22.2 Å². The van der Waals surface area contributed by atoms with Gasteiger partial charge in [-0.3, -0.25) is 4.79 Å². The zero-order valence-electron chi connectivity index (χ0n) is 7.00. The maximum Gasteiger partial charge on any atom is 0.243 e. The SMILES string of the molecule is CNC(=O)/C=C/c1csc(C)n1. The van der Waals surface area contributed by atoms with Crippen LogP contribution in [0.2, 0.25) is 0 Å². The van der Waals surface area contributed by atoms with Crippen LogP contribution in [0.3, 0.4) is 0 Å². The predicted octanol–water partition coefficient (Wildman–Crippen LogP) is 1.21. The van der Waals surface area contributed by atoms with Crippen LogP contribution in [0.15, 0.2) is 11.5 Å². The van der Waals surface area contributed by atoms with Crippen LogP contribution in [-0.4, -0.2) is 17.9 Å². The van der Waals surface area contributed by atoms with Gasteiger partial charge in [0.2, 0.25) is 5.91 Å². The van der Waals surface area contributed by atoms with Crippen LogP contribution >= 0.6 is 11.3 Å². The molecule has 1 heterocycles. The highest BCUT2D eigenvalue weighted by Gasteiger charge is 1.93. The summed E-state index contributed by atoms with van der Waals surface area (Å²) in [5.74, 6) is -0.111. The Balaban J connectivity index is 2.63. The molecule has 0 spiro atoms. The van der Waals surface area contributed by atoms with Crippen LogP contribution in [0.1, 0.15) is 10.7 Å². The van der Waals surface area contributed by atoms with Crippen LogP contribution in [0.25, 0.3) is 6.08 Å². The molecule has 0 bridgehead atoms. The molecule has 1 amide bonds. The molecule has 1 aromatic rings. The van der Waals surface area contributed by atoms with E-state index in [0.717, 1.165) is 10.7 Å². The molecule has 0 atom stereocenters. The second kappa shape index (κ2) is 4.01. The number of carbonyl (C=O) groups is 1. The lowest BCUT2D eigenvalue weighted by atomic mass is 10.4. The quantitative estimate of drug-likeness (QED) is 0.698. The number of hydrogen-bond acceptors (Lipinski definition) is 3. The minimum Gasteiger partial charge on any atom is -0.356 e. The van der Waals surface area contributed by atoms with Crippen molar-refractivity contribution < 1.29 is 4.79 Å². The van der Waals surface area contributed by atoms with E-state index >= 15 is 0 Å². The van der Waals surface area contributed by atoms with Gasteiger partial charge in [-0.25, -0.2) is 4.98 Å². The molecule has 0 fully saturated rings. The van der Waals surface area contributed by atoms with E-state index in [1.165, 1.54) is 6.08 Å². The summed E-state index contributed by atoms with van der Waals surface area (Å²) in [4.78, 5) is 14.9. The smallest absolute Gasteiger partial charge is 0.243 e. The lowest BCUT2D eigenvalue weighted by Crippen LogP contribution is -2.13. The van der Waals surface area contributed by atoms with Gasteiger partial charge in [0.1, 0.15) is 0 Å². The second-order valence-electron chi connectivity index (χ2n) is 2.24. The molecule has 1 rings (SSSR count). The van der Waals surface area contributed by atoms with Gasteiger partial charge in [-0.2, -0.15) is 0 Å². The van der Waals surface area contributed by atoms with E-state index in [0.29, 0.717) is 0 Å². The minimum absolute atomic E-state index is 0.111. The monoisotopic (exact) mass is 182 g/mol. The third-order valence-corrected chi connectivity index (χ3v) is 2.08. The number of amides is 1. The molecule has 3 nitrogen and oxygen atoms in total. The van der Waals surface area contributed by atoms with Gasteiger partial charge in [0.25, 0.3) is 0 Å². The van der Waals surface area contributed by atoms with Crippen LogP contribution < -0.4 is 5.32 Å². The van der Waals surface area contributed by atoms with Crippen LogP contribution in [0, 0.1) is 6.92 Å². The maximum absolute atomic E-state index is 10.8. The summed E-state index contributed by atoms with van der Waals surface area (Å²) < 4.78 is 0. The molecule has 0 saturated heterocycles.